The highest BCUT2D eigenvalue weighted by Gasteiger charge is 2.14. The number of pyridine rings is 1. The Balaban J connectivity index is 1.49. The molecule has 0 saturated carbocycles. The zero-order valence-corrected chi connectivity index (χ0v) is 15.7. The van der Waals surface area contributed by atoms with Crippen LogP contribution >= 0.6 is 0 Å². The van der Waals surface area contributed by atoms with Crippen LogP contribution in [-0.4, -0.2) is 21.8 Å². The predicted octanol–water partition coefficient (Wildman–Crippen LogP) is 3.34. The molecule has 4 aromatic rings. The van der Waals surface area contributed by atoms with Crippen LogP contribution in [0.1, 0.15) is 27.2 Å². The fourth-order valence-electron chi connectivity index (χ4n) is 3.35. The number of fused-ring (bicyclic) bond motifs is 2. The molecular formula is C22H20N4O2. The normalized spacial score (nSPS) is 10.9. The standard InChI is InChI=1S/C22H20N4O2/c1-13-7-8-20-17(9-13)18(10-14(2)24-20)22(28)26-25-21(27)11-15-12-23-19-6-4-3-5-16(15)19/h3-10,12,23H,11H2,1-2H3,(H,25,27)(H,26,28). The molecule has 0 aliphatic heterocycles. The van der Waals surface area contributed by atoms with Crippen molar-refractivity contribution in [2.75, 3.05) is 0 Å². The first-order valence-corrected chi connectivity index (χ1v) is 9.03. The molecule has 140 valence electrons. The Hall–Kier alpha value is -3.67. The lowest BCUT2D eigenvalue weighted by atomic mass is 10.0. The Kier molecular flexibility index (Phi) is 4.53. The number of carbonyl (C=O) groups is 2. The minimum atomic E-state index is -0.367. The number of nitrogens with one attached hydrogen (secondary N) is 3. The lowest BCUT2D eigenvalue weighted by molar-refractivity contribution is -0.121. The number of H-pyrrole nitrogens is 1. The van der Waals surface area contributed by atoms with E-state index < -0.39 is 0 Å². The van der Waals surface area contributed by atoms with Crippen LogP contribution in [0.25, 0.3) is 21.8 Å². The first kappa shape index (κ1) is 17.7. The van der Waals surface area contributed by atoms with Crippen molar-refractivity contribution in [1.82, 2.24) is 20.8 Å². The second kappa shape index (κ2) is 7.15. The van der Waals surface area contributed by atoms with E-state index in [4.69, 9.17) is 0 Å². The summed E-state index contributed by atoms with van der Waals surface area (Å²) in [5.74, 6) is -0.655. The van der Waals surface area contributed by atoms with Gasteiger partial charge in [0.15, 0.2) is 0 Å². The Morgan fingerprint density at radius 2 is 1.82 bits per heavy atom. The van der Waals surface area contributed by atoms with E-state index in [9.17, 15) is 9.59 Å². The molecule has 6 nitrogen and oxygen atoms in total. The van der Waals surface area contributed by atoms with Gasteiger partial charge in [-0.3, -0.25) is 25.4 Å². The number of hydrogen-bond donors (Lipinski definition) is 3. The number of rotatable bonds is 3. The zero-order chi connectivity index (χ0) is 19.7. The Labute approximate surface area is 161 Å². The van der Waals surface area contributed by atoms with Gasteiger partial charge in [0.25, 0.3) is 5.91 Å². The SMILES string of the molecule is Cc1ccc2nc(C)cc(C(=O)NNC(=O)Cc3c[nH]c4ccccc34)c2c1. The highest BCUT2D eigenvalue weighted by atomic mass is 16.2. The molecule has 2 aromatic heterocycles. The first-order chi connectivity index (χ1) is 13.5. The highest BCUT2D eigenvalue weighted by Crippen LogP contribution is 2.20. The third-order valence-corrected chi connectivity index (χ3v) is 4.68. The number of aromatic amines is 1. The average Bonchev–Trinajstić information content (AvgIpc) is 3.09. The van der Waals surface area contributed by atoms with Crippen molar-refractivity contribution in [1.29, 1.82) is 0 Å². The molecule has 28 heavy (non-hydrogen) atoms. The van der Waals surface area contributed by atoms with Crippen LogP contribution in [0.5, 0.6) is 0 Å². The lowest BCUT2D eigenvalue weighted by Crippen LogP contribution is -2.42. The van der Waals surface area contributed by atoms with E-state index in [-0.39, 0.29) is 18.2 Å². The molecular weight excluding hydrogens is 352 g/mol. The number of hydrazine groups is 1. The molecule has 4 rings (SSSR count). The third kappa shape index (κ3) is 3.44. The van der Waals surface area contributed by atoms with Crippen molar-refractivity contribution in [3.63, 3.8) is 0 Å². The summed E-state index contributed by atoms with van der Waals surface area (Å²) >= 11 is 0. The smallest absolute Gasteiger partial charge is 0.270 e. The van der Waals surface area contributed by atoms with Gasteiger partial charge in [0.05, 0.1) is 17.5 Å². The molecule has 0 fully saturated rings. The summed E-state index contributed by atoms with van der Waals surface area (Å²) in [5, 5.41) is 1.75. The highest BCUT2D eigenvalue weighted by molar-refractivity contribution is 6.06. The molecule has 3 N–H and O–H groups in total. The molecule has 0 aliphatic rings. The number of carbonyl (C=O) groups excluding carboxylic acids is 2. The molecule has 2 heterocycles. The minimum Gasteiger partial charge on any atom is -0.361 e. The third-order valence-electron chi connectivity index (χ3n) is 4.68. The number of para-hydroxylation sites is 1. The van der Waals surface area contributed by atoms with Gasteiger partial charge in [-0.05, 0) is 43.7 Å². The van der Waals surface area contributed by atoms with Crippen LogP contribution in [0.4, 0.5) is 0 Å². The topological polar surface area (TPSA) is 86.9 Å². The van der Waals surface area contributed by atoms with Crippen molar-refractivity contribution in [2.24, 2.45) is 0 Å². The number of amides is 2. The Bertz CT molecular complexity index is 1210. The van der Waals surface area contributed by atoms with Crippen LogP contribution in [-0.2, 0) is 11.2 Å². The van der Waals surface area contributed by atoms with Crippen molar-refractivity contribution in [2.45, 2.75) is 20.3 Å². The van der Waals surface area contributed by atoms with E-state index in [1.165, 1.54) is 0 Å². The van der Waals surface area contributed by atoms with Crippen molar-refractivity contribution in [3.05, 3.63) is 77.1 Å². The molecule has 0 spiro atoms. The van der Waals surface area contributed by atoms with Gasteiger partial charge in [0, 0.05) is 28.2 Å². The Morgan fingerprint density at radius 1 is 1.00 bits per heavy atom. The first-order valence-electron chi connectivity index (χ1n) is 9.03. The summed E-state index contributed by atoms with van der Waals surface area (Å²) in [6.07, 6.45) is 1.98. The molecule has 0 radical (unpaired) electrons. The van der Waals surface area contributed by atoms with Gasteiger partial charge < -0.3 is 4.98 Å². The van der Waals surface area contributed by atoms with Gasteiger partial charge in [-0.1, -0.05) is 29.8 Å². The minimum absolute atomic E-state index is 0.166. The Morgan fingerprint density at radius 3 is 2.68 bits per heavy atom. The average molecular weight is 372 g/mol. The van der Waals surface area contributed by atoms with Crippen LogP contribution in [0, 0.1) is 13.8 Å². The fourth-order valence-corrected chi connectivity index (χ4v) is 3.35. The van der Waals surface area contributed by atoms with E-state index in [0.717, 1.165) is 38.6 Å². The van der Waals surface area contributed by atoms with E-state index in [1.807, 2.05) is 62.5 Å². The molecule has 6 heteroatoms. The van der Waals surface area contributed by atoms with Crippen molar-refractivity contribution < 1.29 is 9.59 Å². The monoisotopic (exact) mass is 372 g/mol. The number of nitrogens with zero attached hydrogens (tertiary/aromatic N) is 1. The predicted molar refractivity (Wildman–Crippen MR) is 109 cm³/mol. The fraction of sp³-hybridized carbons (Fsp3) is 0.136. The molecule has 0 saturated heterocycles. The maximum Gasteiger partial charge on any atom is 0.270 e. The second-order valence-electron chi connectivity index (χ2n) is 6.87. The summed E-state index contributed by atoms with van der Waals surface area (Å²) in [7, 11) is 0. The summed E-state index contributed by atoms with van der Waals surface area (Å²) in [5.41, 5.74) is 9.90. The van der Waals surface area contributed by atoms with Gasteiger partial charge >= 0.3 is 0 Å². The quantitative estimate of drug-likeness (QED) is 0.482. The largest absolute Gasteiger partial charge is 0.361 e. The van der Waals surface area contributed by atoms with Crippen LogP contribution in [0.15, 0.2) is 54.7 Å². The second-order valence-corrected chi connectivity index (χ2v) is 6.87. The van der Waals surface area contributed by atoms with E-state index in [0.29, 0.717) is 5.56 Å². The van der Waals surface area contributed by atoms with Crippen molar-refractivity contribution in [3.8, 4) is 0 Å². The van der Waals surface area contributed by atoms with Gasteiger partial charge in [0.2, 0.25) is 5.91 Å². The number of aryl methyl sites for hydroxylation is 2. The molecule has 0 aliphatic carbocycles. The molecule has 2 amide bonds. The van der Waals surface area contributed by atoms with E-state index in [2.05, 4.69) is 20.8 Å². The maximum absolute atomic E-state index is 12.7. The molecule has 0 atom stereocenters. The summed E-state index contributed by atoms with van der Waals surface area (Å²) in [4.78, 5) is 32.6. The summed E-state index contributed by atoms with van der Waals surface area (Å²) in [6, 6.07) is 15.3. The maximum atomic E-state index is 12.7. The van der Waals surface area contributed by atoms with E-state index >= 15 is 0 Å². The van der Waals surface area contributed by atoms with Crippen LogP contribution in [0.2, 0.25) is 0 Å². The van der Waals surface area contributed by atoms with Crippen LogP contribution in [0.3, 0.4) is 0 Å². The number of benzene rings is 2. The van der Waals surface area contributed by atoms with Gasteiger partial charge in [-0.25, -0.2) is 0 Å². The lowest BCUT2D eigenvalue weighted by Gasteiger charge is -2.10. The molecule has 0 bridgehead atoms. The summed E-state index contributed by atoms with van der Waals surface area (Å²) < 4.78 is 0. The van der Waals surface area contributed by atoms with Crippen LogP contribution < -0.4 is 10.9 Å². The number of hydrogen-bond acceptors (Lipinski definition) is 3. The van der Waals surface area contributed by atoms with Gasteiger partial charge in [0.1, 0.15) is 0 Å². The summed E-state index contributed by atoms with van der Waals surface area (Å²) in [6.45, 7) is 3.80. The molecule has 0 unspecified atom stereocenters. The van der Waals surface area contributed by atoms with Gasteiger partial charge in [-0.2, -0.15) is 0 Å². The van der Waals surface area contributed by atoms with Gasteiger partial charge in [-0.15, -0.1) is 0 Å². The van der Waals surface area contributed by atoms with E-state index in [1.54, 1.807) is 6.07 Å². The number of aromatic nitrogens is 2. The van der Waals surface area contributed by atoms with Crippen molar-refractivity contribution >= 4 is 33.6 Å². The molecule has 2 aromatic carbocycles. The zero-order valence-electron chi connectivity index (χ0n) is 15.7.